The van der Waals surface area contributed by atoms with Crippen LogP contribution in [-0.4, -0.2) is 0 Å². The predicted octanol–water partition coefficient (Wildman–Crippen LogP) is -4.99. The van der Waals surface area contributed by atoms with Crippen molar-refractivity contribution in [2.24, 2.45) is 21.4 Å². The van der Waals surface area contributed by atoms with Gasteiger partial charge in [0.2, 0.25) is 0 Å². The molecule has 0 aliphatic carbocycles. The molecule has 0 aromatic heterocycles. The Balaban J connectivity index is -0.0000000107. The summed E-state index contributed by atoms with van der Waals surface area (Å²) in [6.45, 7) is 0. The first-order chi connectivity index (χ1) is 5.66. The Kier molecular flexibility index (Phi) is 419. The van der Waals surface area contributed by atoms with Crippen molar-refractivity contribution in [2.45, 2.75) is 0 Å². The molecule has 0 aromatic rings. The number of hydrogen-bond donors (Lipinski definition) is 0. The van der Waals surface area contributed by atoms with Gasteiger partial charge in [-0.2, -0.15) is 0 Å². The van der Waals surface area contributed by atoms with Gasteiger partial charge in [0.15, 0.2) is 0 Å². The Labute approximate surface area is 140 Å². The Hall–Kier alpha value is 0.262. The van der Waals surface area contributed by atoms with Gasteiger partial charge >= 0.3 is 59.1 Å². The molecule has 0 fully saturated rings. The van der Waals surface area contributed by atoms with Crippen LogP contribution in [0.1, 0.15) is 0 Å². The second kappa shape index (κ2) is 138. The smallest absolute Gasteiger partial charge is 0.444 e. The summed E-state index contributed by atoms with van der Waals surface area (Å²) in [5, 5.41) is 36.0. The molecule has 0 saturated carbocycles. The van der Waals surface area contributed by atoms with Crippen LogP contribution >= 0.6 is 0 Å². The van der Waals surface area contributed by atoms with Crippen LogP contribution < -0.4 is 59.1 Å². The summed E-state index contributed by atoms with van der Waals surface area (Å²) in [6.07, 6.45) is 0. The summed E-state index contributed by atoms with van der Waals surface area (Å²) in [7, 11) is 0. The maximum absolute atomic E-state index is 8.00. The van der Waals surface area contributed by atoms with E-state index in [4.69, 9.17) is 40.5 Å². The minimum absolute atomic E-state index is 0. The predicted molar refractivity (Wildman–Crippen MR) is 36.6 cm³/mol. The average molecular weight is 336 g/mol. The van der Waals surface area contributed by atoms with E-state index >= 15 is 0 Å². The molecular formula is N4Na2O8Pd-2. The molecule has 0 rings (SSSR count). The maximum Gasteiger partial charge on any atom is 1.00 e. The third-order valence-corrected chi connectivity index (χ3v) is 0. The maximum atomic E-state index is 8.00. The Bertz CT molecular complexity index is 78.6. The Morgan fingerprint density at radius 2 is 0.533 bits per heavy atom. The topological polar surface area (TPSA) is 210 Å². The molecule has 0 spiro atoms. The van der Waals surface area contributed by atoms with E-state index in [1.807, 2.05) is 0 Å². The molecule has 15 heteroatoms. The van der Waals surface area contributed by atoms with E-state index in [2.05, 4.69) is 0 Å². The van der Waals surface area contributed by atoms with Gasteiger partial charge in [0, 0.05) is 20.4 Å². The van der Waals surface area contributed by atoms with E-state index in [0.717, 1.165) is 21.4 Å². The van der Waals surface area contributed by atoms with E-state index in [9.17, 15) is 0 Å². The van der Waals surface area contributed by atoms with Crippen molar-refractivity contribution in [2.75, 3.05) is 0 Å². The molecule has 12 nitrogen and oxygen atoms in total. The van der Waals surface area contributed by atoms with Crippen LogP contribution in [-0.2, 0) is 20.4 Å². The van der Waals surface area contributed by atoms with Crippen molar-refractivity contribution >= 4 is 0 Å². The van der Waals surface area contributed by atoms with Gasteiger partial charge in [-0.05, 0) is 0 Å². The Morgan fingerprint density at radius 1 is 0.533 bits per heavy atom. The van der Waals surface area contributed by atoms with Crippen LogP contribution in [0.5, 0.6) is 0 Å². The number of hydrogen-bond acceptors (Lipinski definition) is 12. The zero-order chi connectivity index (χ0) is 10.8. The molecule has 0 amide bonds. The second-order valence-electron chi connectivity index (χ2n) is 0.298. The van der Waals surface area contributed by atoms with Gasteiger partial charge in [0.05, 0.1) is 0 Å². The van der Waals surface area contributed by atoms with Gasteiger partial charge < -0.3 is 40.5 Å². The minimum atomic E-state index is 0. The molecule has 0 heterocycles. The standard InChI is InChI=1S/4HNO2.2Na.Pd/c4*2-1-3;;;/h4*(H,2,3);;;/q;;;;2*+1;/p-4. The molecular weight excluding hydrogens is 336 g/mol. The molecule has 0 saturated heterocycles. The van der Waals surface area contributed by atoms with Crippen LogP contribution in [0.3, 0.4) is 0 Å². The molecule has 82 valence electrons. The van der Waals surface area contributed by atoms with E-state index < -0.39 is 0 Å². The quantitative estimate of drug-likeness (QED) is 0.237. The third-order valence-electron chi connectivity index (χ3n) is 0. The van der Waals surface area contributed by atoms with Crippen LogP contribution in [0.4, 0.5) is 0 Å². The molecule has 0 aliphatic rings. The largest absolute Gasteiger partial charge is 1.00 e. The molecule has 0 atom stereocenters. The normalized spacial score (nSPS) is 3.20. The van der Waals surface area contributed by atoms with Crippen molar-refractivity contribution in [3.63, 3.8) is 0 Å². The first kappa shape index (κ1) is 45.5. The summed E-state index contributed by atoms with van der Waals surface area (Å²) >= 11 is 0. The van der Waals surface area contributed by atoms with Crippen molar-refractivity contribution in [3.8, 4) is 0 Å². The molecule has 0 aliphatic heterocycles. The summed E-state index contributed by atoms with van der Waals surface area (Å²) in [6, 6.07) is 0. The minimum Gasteiger partial charge on any atom is -0.444 e. The summed E-state index contributed by atoms with van der Waals surface area (Å²) in [4.78, 5) is 32.0. The van der Waals surface area contributed by atoms with Crippen LogP contribution in [0, 0.1) is 40.5 Å². The molecule has 0 N–H and O–H groups in total. The first-order valence-electron chi connectivity index (χ1n) is 1.46. The molecule has 0 radical (unpaired) electrons. The monoisotopic (exact) mass is 336 g/mol. The Morgan fingerprint density at radius 3 is 0.533 bits per heavy atom. The van der Waals surface area contributed by atoms with Crippen molar-refractivity contribution in [1.29, 1.82) is 0 Å². The van der Waals surface area contributed by atoms with E-state index in [1.165, 1.54) is 0 Å². The van der Waals surface area contributed by atoms with Crippen molar-refractivity contribution in [3.05, 3.63) is 40.5 Å². The van der Waals surface area contributed by atoms with Gasteiger partial charge in [0.1, 0.15) is 0 Å². The van der Waals surface area contributed by atoms with Crippen molar-refractivity contribution < 1.29 is 79.5 Å². The van der Waals surface area contributed by atoms with E-state index in [1.54, 1.807) is 0 Å². The summed E-state index contributed by atoms with van der Waals surface area (Å²) in [5.41, 5.74) is 0. The second-order valence-corrected chi connectivity index (χ2v) is 0.298. The van der Waals surface area contributed by atoms with Gasteiger partial charge in [0.25, 0.3) is 0 Å². The average Bonchev–Trinajstić information content (AvgIpc) is 1.92. The fourth-order valence-electron chi connectivity index (χ4n) is 0. The first-order valence-corrected chi connectivity index (χ1v) is 1.46. The van der Waals surface area contributed by atoms with Crippen LogP contribution in [0.25, 0.3) is 0 Å². The van der Waals surface area contributed by atoms with Gasteiger partial charge in [-0.25, -0.2) is 0 Å². The number of nitrogens with zero attached hydrogens (tertiary/aromatic N) is 4. The summed E-state index contributed by atoms with van der Waals surface area (Å²) < 4.78 is 0. The summed E-state index contributed by atoms with van der Waals surface area (Å²) in [5.74, 6) is 0. The van der Waals surface area contributed by atoms with E-state index in [0.29, 0.717) is 0 Å². The van der Waals surface area contributed by atoms with E-state index in [-0.39, 0.29) is 79.5 Å². The van der Waals surface area contributed by atoms with Gasteiger partial charge in [-0.15, -0.1) is 21.4 Å². The van der Waals surface area contributed by atoms with Crippen LogP contribution in [0.2, 0.25) is 0 Å². The van der Waals surface area contributed by atoms with Gasteiger partial charge in [-0.3, -0.25) is 0 Å². The zero-order valence-electron chi connectivity index (χ0n) is 7.37. The fraction of sp³-hybridized carbons (Fsp3) is 0. The van der Waals surface area contributed by atoms with Crippen LogP contribution in [0.15, 0.2) is 21.4 Å². The zero-order valence-corrected chi connectivity index (χ0v) is 12.9. The SMILES string of the molecule is O=N[O-].O=N[O-].O=N[O-].O=N[O-].[Na+].[Na+].[Pd]. The molecule has 0 unspecified atom stereocenters. The molecule has 15 heavy (non-hydrogen) atoms. The molecule has 0 bridgehead atoms. The fourth-order valence-corrected chi connectivity index (χ4v) is 0. The third kappa shape index (κ3) is 31200. The van der Waals surface area contributed by atoms with Gasteiger partial charge in [-0.1, -0.05) is 0 Å². The number of rotatable bonds is 0. The molecule has 0 aromatic carbocycles. The van der Waals surface area contributed by atoms with Crippen molar-refractivity contribution in [1.82, 2.24) is 0 Å².